The van der Waals surface area contributed by atoms with Gasteiger partial charge in [0.1, 0.15) is 0 Å². The van der Waals surface area contributed by atoms with Crippen molar-refractivity contribution in [3.8, 4) is 11.5 Å². The second kappa shape index (κ2) is 15.2. The first-order chi connectivity index (χ1) is 13.0. The van der Waals surface area contributed by atoms with Crippen LogP contribution in [0.15, 0.2) is 23.2 Å². The lowest BCUT2D eigenvalue weighted by Gasteiger charge is -2.21. The van der Waals surface area contributed by atoms with Crippen LogP contribution in [0.2, 0.25) is 0 Å². The van der Waals surface area contributed by atoms with Gasteiger partial charge in [0.05, 0.1) is 13.7 Å². The predicted molar refractivity (Wildman–Crippen MR) is 125 cm³/mol. The average molecular weight is 506 g/mol. The van der Waals surface area contributed by atoms with Crippen LogP contribution in [0, 0.1) is 0 Å². The van der Waals surface area contributed by atoms with Crippen molar-refractivity contribution in [3.63, 3.8) is 0 Å². The summed E-state index contributed by atoms with van der Waals surface area (Å²) in [6.07, 6.45) is 2.28. The minimum absolute atomic E-state index is 0. The van der Waals surface area contributed by atoms with E-state index in [2.05, 4.69) is 36.4 Å². The lowest BCUT2D eigenvalue weighted by molar-refractivity contribution is -0.123. The average Bonchev–Trinajstić information content (AvgIpc) is 2.68. The highest BCUT2D eigenvalue weighted by molar-refractivity contribution is 14.0. The Bertz CT molecular complexity index is 611. The minimum Gasteiger partial charge on any atom is -0.493 e. The third-order valence-electron chi connectivity index (χ3n) is 3.92. The van der Waals surface area contributed by atoms with E-state index in [9.17, 15) is 4.79 Å². The van der Waals surface area contributed by atoms with Crippen molar-refractivity contribution >= 4 is 35.8 Å². The number of nitrogens with one attached hydrogen (secondary N) is 2. The van der Waals surface area contributed by atoms with Crippen LogP contribution in [-0.2, 0) is 11.3 Å². The van der Waals surface area contributed by atoms with E-state index in [0.717, 1.165) is 37.5 Å². The fourth-order valence-corrected chi connectivity index (χ4v) is 2.46. The van der Waals surface area contributed by atoms with Gasteiger partial charge in [-0.3, -0.25) is 4.79 Å². The molecular weight excluding hydrogens is 471 g/mol. The number of benzene rings is 1. The van der Waals surface area contributed by atoms with Gasteiger partial charge in [-0.1, -0.05) is 19.4 Å². The number of rotatable bonds is 11. The van der Waals surface area contributed by atoms with E-state index in [1.807, 2.05) is 25.1 Å². The Morgan fingerprint density at radius 1 is 1.14 bits per heavy atom. The number of unbranched alkanes of at least 4 members (excludes halogenated alkanes) is 1. The van der Waals surface area contributed by atoms with Gasteiger partial charge in [-0.2, -0.15) is 0 Å². The van der Waals surface area contributed by atoms with Crippen molar-refractivity contribution in [2.45, 2.75) is 40.2 Å². The zero-order valence-corrected chi connectivity index (χ0v) is 20.0. The van der Waals surface area contributed by atoms with Crippen molar-refractivity contribution in [2.75, 3.05) is 40.4 Å². The van der Waals surface area contributed by atoms with Gasteiger partial charge in [0.25, 0.3) is 5.91 Å². The van der Waals surface area contributed by atoms with Crippen molar-refractivity contribution in [1.29, 1.82) is 0 Å². The molecule has 0 spiro atoms. The van der Waals surface area contributed by atoms with Crippen LogP contribution < -0.4 is 20.1 Å². The smallest absolute Gasteiger partial charge is 0.257 e. The van der Waals surface area contributed by atoms with Crippen LogP contribution in [0.5, 0.6) is 11.5 Å². The Kier molecular flexibility index (Phi) is 14.3. The molecular formula is C20H35IN4O3. The Labute approximate surface area is 186 Å². The molecule has 0 radical (unpaired) electrons. The van der Waals surface area contributed by atoms with Crippen LogP contribution in [-0.4, -0.2) is 57.2 Å². The van der Waals surface area contributed by atoms with Crippen LogP contribution in [0.3, 0.4) is 0 Å². The third-order valence-corrected chi connectivity index (χ3v) is 3.92. The molecule has 0 heterocycles. The molecule has 1 amide bonds. The molecule has 0 fully saturated rings. The summed E-state index contributed by atoms with van der Waals surface area (Å²) in [6.45, 7) is 8.99. The molecule has 160 valence electrons. The van der Waals surface area contributed by atoms with Crippen LogP contribution in [0.1, 0.15) is 39.2 Å². The van der Waals surface area contributed by atoms with Gasteiger partial charge in [-0.15, -0.1) is 24.0 Å². The number of methoxy groups -OCH3 is 1. The topological polar surface area (TPSA) is 75.2 Å². The standard InChI is InChI=1S/C20H34N4O3.HI/c1-6-9-12-24(4)20(22-8-3)23-14-16-10-11-17(18(13-16)26-5)27-15-19(25)21-7-2;/h10-11,13H,6-9,12,14-15H2,1-5H3,(H,21,25)(H,22,23);1H. The second-order valence-electron chi connectivity index (χ2n) is 6.17. The predicted octanol–water partition coefficient (Wildman–Crippen LogP) is 3.03. The molecule has 7 nitrogen and oxygen atoms in total. The monoisotopic (exact) mass is 506 g/mol. The van der Waals surface area contributed by atoms with Crippen molar-refractivity contribution < 1.29 is 14.3 Å². The molecule has 0 saturated carbocycles. The van der Waals surface area contributed by atoms with Crippen LogP contribution in [0.25, 0.3) is 0 Å². The number of hydrogen-bond donors (Lipinski definition) is 2. The number of halogens is 1. The Morgan fingerprint density at radius 3 is 2.46 bits per heavy atom. The number of likely N-dealkylation sites (N-methyl/N-ethyl adjacent to an activating group) is 1. The maximum Gasteiger partial charge on any atom is 0.257 e. The van der Waals surface area contributed by atoms with Gasteiger partial charge >= 0.3 is 0 Å². The number of amides is 1. The molecule has 0 bridgehead atoms. The Morgan fingerprint density at radius 2 is 1.86 bits per heavy atom. The third kappa shape index (κ3) is 9.48. The largest absolute Gasteiger partial charge is 0.493 e. The summed E-state index contributed by atoms with van der Waals surface area (Å²) in [5.74, 6) is 1.87. The molecule has 0 aromatic heterocycles. The molecule has 0 unspecified atom stereocenters. The van der Waals surface area contributed by atoms with Crippen molar-refractivity contribution in [1.82, 2.24) is 15.5 Å². The van der Waals surface area contributed by atoms with Gasteiger partial charge in [-0.05, 0) is 38.0 Å². The van der Waals surface area contributed by atoms with Gasteiger partial charge < -0.3 is 25.0 Å². The summed E-state index contributed by atoms with van der Waals surface area (Å²) in [7, 11) is 3.64. The van der Waals surface area contributed by atoms with Gasteiger partial charge in [-0.25, -0.2) is 4.99 Å². The molecule has 8 heteroatoms. The van der Waals surface area contributed by atoms with Crippen LogP contribution in [0.4, 0.5) is 0 Å². The first-order valence-electron chi connectivity index (χ1n) is 9.61. The van der Waals surface area contributed by atoms with Crippen molar-refractivity contribution in [3.05, 3.63) is 23.8 Å². The highest BCUT2D eigenvalue weighted by Gasteiger charge is 2.09. The zero-order valence-electron chi connectivity index (χ0n) is 17.7. The summed E-state index contributed by atoms with van der Waals surface area (Å²) in [5, 5.41) is 6.02. The Balaban J connectivity index is 0.00000729. The molecule has 0 aliphatic carbocycles. The SMILES string of the molecule is CCCCN(C)C(=NCc1ccc(OCC(=O)NCC)c(OC)c1)NCC.I. The normalized spacial score (nSPS) is 10.7. The van der Waals surface area contributed by atoms with E-state index in [4.69, 9.17) is 14.5 Å². The first-order valence-corrected chi connectivity index (χ1v) is 9.61. The van der Waals surface area contributed by atoms with Crippen LogP contribution >= 0.6 is 24.0 Å². The summed E-state index contributed by atoms with van der Waals surface area (Å²) < 4.78 is 11.0. The molecule has 1 aromatic rings. The number of ether oxygens (including phenoxy) is 2. The highest BCUT2D eigenvalue weighted by atomic mass is 127. The van der Waals surface area contributed by atoms with Gasteiger partial charge in [0.2, 0.25) is 0 Å². The molecule has 28 heavy (non-hydrogen) atoms. The Hall–Kier alpha value is -1.71. The lowest BCUT2D eigenvalue weighted by Crippen LogP contribution is -2.39. The van der Waals surface area contributed by atoms with E-state index >= 15 is 0 Å². The quantitative estimate of drug-likeness (QED) is 0.274. The molecule has 0 atom stereocenters. The molecule has 1 aromatic carbocycles. The van der Waals surface area contributed by atoms with E-state index in [1.54, 1.807) is 7.11 Å². The number of nitrogens with zero attached hydrogens (tertiary/aromatic N) is 2. The van der Waals surface area contributed by atoms with E-state index < -0.39 is 0 Å². The fraction of sp³-hybridized carbons (Fsp3) is 0.600. The molecule has 0 aliphatic rings. The molecule has 0 saturated heterocycles. The number of hydrogen-bond acceptors (Lipinski definition) is 4. The maximum absolute atomic E-state index is 11.6. The molecule has 2 N–H and O–H groups in total. The second-order valence-corrected chi connectivity index (χ2v) is 6.17. The molecule has 1 rings (SSSR count). The first kappa shape index (κ1) is 26.3. The number of guanidine groups is 1. The van der Waals surface area contributed by atoms with E-state index in [1.165, 1.54) is 0 Å². The zero-order chi connectivity index (χ0) is 20.1. The minimum atomic E-state index is -0.154. The van der Waals surface area contributed by atoms with E-state index in [-0.39, 0.29) is 36.5 Å². The van der Waals surface area contributed by atoms with Gasteiger partial charge in [0, 0.05) is 26.7 Å². The van der Waals surface area contributed by atoms with Crippen molar-refractivity contribution in [2.24, 2.45) is 4.99 Å². The highest BCUT2D eigenvalue weighted by Crippen LogP contribution is 2.28. The summed E-state index contributed by atoms with van der Waals surface area (Å²) in [4.78, 5) is 18.4. The number of aliphatic imine (C=N–C) groups is 1. The molecule has 0 aliphatic heterocycles. The summed E-state index contributed by atoms with van der Waals surface area (Å²) in [5.41, 5.74) is 1.01. The number of carbonyl (C=O) groups is 1. The fourth-order valence-electron chi connectivity index (χ4n) is 2.46. The number of carbonyl (C=O) groups excluding carboxylic acids is 1. The van der Waals surface area contributed by atoms with E-state index in [0.29, 0.717) is 24.6 Å². The van der Waals surface area contributed by atoms with Gasteiger partial charge in [0.15, 0.2) is 24.1 Å². The lowest BCUT2D eigenvalue weighted by atomic mass is 10.2. The maximum atomic E-state index is 11.6. The summed E-state index contributed by atoms with van der Waals surface area (Å²) >= 11 is 0. The summed E-state index contributed by atoms with van der Waals surface area (Å²) in [6, 6.07) is 5.65.